The van der Waals surface area contributed by atoms with Gasteiger partial charge in [-0.3, -0.25) is 19.5 Å². The van der Waals surface area contributed by atoms with E-state index in [1.807, 2.05) is 13.8 Å². The number of fused-ring (bicyclic) bond motifs is 1. The van der Waals surface area contributed by atoms with Crippen LogP contribution in [0.25, 0.3) is 0 Å². The molecule has 0 unspecified atom stereocenters. The fourth-order valence-electron chi connectivity index (χ4n) is 4.54. The first kappa shape index (κ1) is 26.6. The van der Waals surface area contributed by atoms with Crippen LogP contribution in [0.2, 0.25) is 0 Å². The number of aliphatic imine (C=N–C) groups is 1. The first-order valence-corrected chi connectivity index (χ1v) is 12.9. The summed E-state index contributed by atoms with van der Waals surface area (Å²) in [5.41, 5.74) is 0.955. The smallest absolute Gasteiger partial charge is 0.266 e. The second-order valence-corrected chi connectivity index (χ2v) is 9.42. The molecule has 32 heavy (non-hydrogen) atoms. The fraction of sp³-hybridized carbons (Fsp3) is 0.808. The molecule has 1 fully saturated rings. The predicted molar refractivity (Wildman–Crippen MR) is 129 cm³/mol. The standard InChI is InChI=1S/C26H44N2O4/c1-4-5-6-7-8-9-10-11-12-15-21(27-18-14-19-32-20(2)3)24-25(30)22-16-13-17-23(29)28(22)26(24)31/h20,22,30H,4-19H2,1-3H3/t22-/m0/s1. The van der Waals surface area contributed by atoms with Crippen molar-refractivity contribution in [1.29, 1.82) is 0 Å². The van der Waals surface area contributed by atoms with E-state index in [0.29, 0.717) is 44.5 Å². The van der Waals surface area contributed by atoms with Crippen LogP contribution in [0.5, 0.6) is 0 Å². The third-order valence-corrected chi connectivity index (χ3v) is 6.32. The second kappa shape index (κ2) is 14.5. The minimum Gasteiger partial charge on any atom is -0.509 e. The summed E-state index contributed by atoms with van der Waals surface area (Å²) in [6.45, 7) is 7.43. The van der Waals surface area contributed by atoms with Gasteiger partial charge in [0.05, 0.1) is 17.9 Å². The molecule has 0 radical (unpaired) electrons. The molecule has 1 atom stereocenters. The highest BCUT2D eigenvalue weighted by molar-refractivity contribution is 6.26. The van der Waals surface area contributed by atoms with Crippen molar-refractivity contribution in [2.45, 2.75) is 123 Å². The number of piperidine rings is 1. The van der Waals surface area contributed by atoms with Crippen LogP contribution in [0.15, 0.2) is 16.3 Å². The molecule has 2 heterocycles. The molecule has 2 amide bonds. The van der Waals surface area contributed by atoms with E-state index in [2.05, 4.69) is 6.92 Å². The molecule has 2 rings (SSSR count). The number of carbonyl (C=O) groups is 2. The lowest BCUT2D eigenvalue weighted by Crippen LogP contribution is -2.44. The summed E-state index contributed by atoms with van der Waals surface area (Å²) in [5.74, 6) is -0.484. The predicted octanol–water partition coefficient (Wildman–Crippen LogP) is 5.90. The van der Waals surface area contributed by atoms with Crippen LogP contribution >= 0.6 is 0 Å². The lowest BCUT2D eigenvalue weighted by atomic mass is 9.99. The number of hydrogen-bond acceptors (Lipinski definition) is 5. The van der Waals surface area contributed by atoms with E-state index in [-0.39, 0.29) is 29.3 Å². The van der Waals surface area contributed by atoms with Gasteiger partial charge in [0, 0.05) is 19.6 Å². The molecule has 0 aromatic heterocycles. The number of imide groups is 1. The van der Waals surface area contributed by atoms with Crippen LogP contribution in [0.3, 0.4) is 0 Å². The van der Waals surface area contributed by atoms with Crippen molar-refractivity contribution in [3.63, 3.8) is 0 Å². The topological polar surface area (TPSA) is 79.2 Å². The normalized spacial score (nSPS) is 19.4. The molecular weight excluding hydrogens is 404 g/mol. The van der Waals surface area contributed by atoms with E-state index in [9.17, 15) is 14.7 Å². The van der Waals surface area contributed by atoms with E-state index in [0.717, 1.165) is 19.3 Å². The van der Waals surface area contributed by atoms with Crippen molar-refractivity contribution in [2.75, 3.05) is 13.2 Å². The zero-order valence-electron chi connectivity index (χ0n) is 20.5. The Morgan fingerprint density at radius 1 is 1.06 bits per heavy atom. The molecule has 0 bridgehead atoms. The summed E-state index contributed by atoms with van der Waals surface area (Å²) in [4.78, 5) is 31.3. The van der Waals surface area contributed by atoms with Crippen LogP contribution in [0.1, 0.15) is 111 Å². The Hall–Kier alpha value is -1.69. The summed E-state index contributed by atoms with van der Waals surface area (Å²) in [5, 5.41) is 10.8. The third kappa shape index (κ3) is 8.02. The summed E-state index contributed by atoms with van der Waals surface area (Å²) in [6.07, 6.45) is 14.4. The van der Waals surface area contributed by atoms with Gasteiger partial charge in [-0.1, -0.05) is 58.3 Å². The number of carbonyl (C=O) groups excluding carboxylic acids is 2. The van der Waals surface area contributed by atoms with Crippen molar-refractivity contribution < 1.29 is 19.4 Å². The molecule has 0 aromatic rings. The molecule has 0 aliphatic carbocycles. The number of hydrogen-bond donors (Lipinski definition) is 1. The molecule has 1 saturated heterocycles. The second-order valence-electron chi connectivity index (χ2n) is 9.42. The molecule has 2 aliphatic heterocycles. The van der Waals surface area contributed by atoms with E-state index < -0.39 is 6.04 Å². The summed E-state index contributed by atoms with van der Waals surface area (Å²) in [7, 11) is 0. The van der Waals surface area contributed by atoms with E-state index in [4.69, 9.17) is 9.73 Å². The van der Waals surface area contributed by atoms with Crippen LogP contribution in [-0.4, -0.2) is 52.8 Å². The van der Waals surface area contributed by atoms with E-state index in [1.54, 1.807) is 0 Å². The van der Waals surface area contributed by atoms with Gasteiger partial charge in [-0.15, -0.1) is 0 Å². The molecule has 6 heteroatoms. The van der Waals surface area contributed by atoms with Crippen LogP contribution in [0.4, 0.5) is 0 Å². The van der Waals surface area contributed by atoms with Gasteiger partial charge in [-0.05, 0) is 46.0 Å². The van der Waals surface area contributed by atoms with Crippen molar-refractivity contribution in [2.24, 2.45) is 4.99 Å². The van der Waals surface area contributed by atoms with Crippen LogP contribution in [0, 0.1) is 0 Å². The number of aliphatic hydroxyl groups is 1. The van der Waals surface area contributed by atoms with Gasteiger partial charge in [0.1, 0.15) is 11.3 Å². The molecule has 0 aromatic carbocycles. The SMILES string of the molecule is CCCCCCCCCCCC(=NCCCOC(C)C)C1=C(O)[C@@H]2CCCC(=O)N2C1=O. The lowest BCUT2D eigenvalue weighted by molar-refractivity contribution is -0.145. The van der Waals surface area contributed by atoms with Crippen LogP contribution < -0.4 is 0 Å². The Kier molecular flexibility index (Phi) is 12.0. The van der Waals surface area contributed by atoms with Gasteiger partial charge in [0.15, 0.2) is 0 Å². The maximum Gasteiger partial charge on any atom is 0.266 e. The average molecular weight is 449 g/mol. The minimum atomic E-state index is -0.489. The molecule has 182 valence electrons. The zero-order valence-corrected chi connectivity index (χ0v) is 20.5. The molecule has 0 saturated carbocycles. The fourth-order valence-corrected chi connectivity index (χ4v) is 4.54. The summed E-state index contributed by atoms with van der Waals surface area (Å²) >= 11 is 0. The highest BCUT2D eigenvalue weighted by Gasteiger charge is 2.45. The highest BCUT2D eigenvalue weighted by Crippen LogP contribution is 2.33. The molecular formula is C26H44N2O4. The molecule has 0 spiro atoms. The Balaban J connectivity index is 1.93. The maximum atomic E-state index is 13.0. The van der Waals surface area contributed by atoms with E-state index in [1.165, 1.54) is 49.8 Å². The zero-order chi connectivity index (χ0) is 23.3. The number of aliphatic hydroxyl groups excluding tert-OH is 1. The number of rotatable bonds is 16. The van der Waals surface area contributed by atoms with Crippen molar-refractivity contribution in [3.8, 4) is 0 Å². The van der Waals surface area contributed by atoms with Gasteiger partial charge in [-0.2, -0.15) is 0 Å². The quantitative estimate of drug-likeness (QED) is 0.181. The highest BCUT2D eigenvalue weighted by atomic mass is 16.5. The summed E-state index contributed by atoms with van der Waals surface area (Å²) < 4.78 is 5.59. The summed E-state index contributed by atoms with van der Waals surface area (Å²) in [6, 6.07) is -0.489. The minimum absolute atomic E-state index is 0.0520. The van der Waals surface area contributed by atoms with Crippen molar-refractivity contribution in [1.82, 2.24) is 4.90 Å². The van der Waals surface area contributed by atoms with Gasteiger partial charge >= 0.3 is 0 Å². The van der Waals surface area contributed by atoms with Crippen LogP contribution in [-0.2, 0) is 14.3 Å². The molecule has 1 N–H and O–H groups in total. The first-order valence-electron chi connectivity index (χ1n) is 12.9. The Morgan fingerprint density at radius 2 is 1.72 bits per heavy atom. The Labute approximate surface area is 194 Å². The van der Waals surface area contributed by atoms with Crippen molar-refractivity contribution >= 4 is 17.5 Å². The van der Waals surface area contributed by atoms with Gasteiger partial charge in [-0.25, -0.2) is 0 Å². The third-order valence-electron chi connectivity index (χ3n) is 6.32. The van der Waals surface area contributed by atoms with E-state index >= 15 is 0 Å². The number of ether oxygens (including phenoxy) is 1. The van der Waals surface area contributed by atoms with Crippen molar-refractivity contribution in [3.05, 3.63) is 11.3 Å². The first-order chi connectivity index (χ1) is 15.5. The number of nitrogens with zero attached hydrogens (tertiary/aromatic N) is 2. The molecule has 2 aliphatic rings. The van der Waals surface area contributed by atoms with Gasteiger partial charge in [0.25, 0.3) is 5.91 Å². The number of unbranched alkanes of at least 4 members (excludes halogenated alkanes) is 8. The van der Waals surface area contributed by atoms with Gasteiger partial charge < -0.3 is 9.84 Å². The monoisotopic (exact) mass is 448 g/mol. The number of amides is 2. The van der Waals surface area contributed by atoms with Gasteiger partial charge in [0.2, 0.25) is 5.91 Å². The molecule has 6 nitrogen and oxygen atoms in total. The lowest BCUT2D eigenvalue weighted by Gasteiger charge is -2.27. The Bertz CT molecular complexity index is 669. The maximum absolute atomic E-state index is 13.0. The largest absolute Gasteiger partial charge is 0.509 e. The Morgan fingerprint density at radius 3 is 2.34 bits per heavy atom. The average Bonchev–Trinajstić information content (AvgIpc) is 3.02.